The van der Waals surface area contributed by atoms with Crippen molar-refractivity contribution in [3.63, 3.8) is 0 Å². The maximum absolute atomic E-state index is 13.7. The molecule has 0 spiro atoms. The summed E-state index contributed by atoms with van der Waals surface area (Å²) < 4.78 is 27.4. The topological polar surface area (TPSA) is 108 Å². The summed E-state index contributed by atoms with van der Waals surface area (Å²) in [7, 11) is 0. The van der Waals surface area contributed by atoms with E-state index in [-0.39, 0.29) is 5.56 Å². The van der Waals surface area contributed by atoms with E-state index in [9.17, 15) is 23.2 Å². The van der Waals surface area contributed by atoms with Crippen LogP contribution in [0, 0.1) is 11.8 Å². The van der Waals surface area contributed by atoms with Crippen molar-refractivity contribution in [2.24, 2.45) is 0 Å². The lowest BCUT2D eigenvalue weighted by Crippen LogP contribution is -2.68. The van der Waals surface area contributed by atoms with E-state index >= 15 is 0 Å². The highest BCUT2D eigenvalue weighted by molar-refractivity contribution is 5.98. The third kappa shape index (κ3) is 7.55. The summed E-state index contributed by atoms with van der Waals surface area (Å²) in [6.45, 7) is 7.88. The van der Waals surface area contributed by atoms with Crippen LogP contribution in [-0.4, -0.2) is 40.9 Å². The van der Waals surface area contributed by atoms with Crippen molar-refractivity contribution >= 4 is 17.7 Å². The summed E-state index contributed by atoms with van der Waals surface area (Å²) in [5.41, 5.74) is 0.271. The van der Waals surface area contributed by atoms with Crippen molar-refractivity contribution in [3.05, 3.63) is 84.4 Å². The van der Waals surface area contributed by atoms with E-state index in [2.05, 4.69) is 30.3 Å². The van der Waals surface area contributed by atoms with Gasteiger partial charge in [-0.2, -0.15) is 0 Å². The number of carbonyl (C=O) groups is 3. The number of halogens is 2. The van der Waals surface area contributed by atoms with Crippen LogP contribution in [0.4, 0.5) is 8.78 Å². The van der Waals surface area contributed by atoms with Gasteiger partial charge in [-0.15, -0.1) is 13.2 Å². The summed E-state index contributed by atoms with van der Waals surface area (Å²) in [5.74, 6) is 2.89. The minimum atomic E-state index is -3.23. The molecule has 2 atom stereocenters. The van der Waals surface area contributed by atoms with Crippen LogP contribution in [0.3, 0.4) is 0 Å². The van der Waals surface area contributed by atoms with Gasteiger partial charge in [-0.3, -0.25) is 19.6 Å². The molecule has 0 saturated heterocycles. The molecule has 0 fully saturated rings. The van der Waals surface area contributed by atoms with Crippen molar-refractivity contribution in [2.45, 2.75) is 31.9 Å². The van der Waals surface area contributed by atoms with Crippen molar-refractivity contribution in [1.29, 1.82) is 0 Å². The van der Waals surface area contributed by atoms with E-state index in [1.165, 1.54) is 17.6 Å². The number of nitrogens with one attached hydrogen (secondary N) is 3. The zero-order valence-electron chi connectivity index (χ0n) is 18.2. The molecule has 0 heterocycles. The maximum atomic E-state index is 13.7. The largest absolute Gasteiger partial charge is 0.343 e. The van der Waals surface area contributed by atoms with Gasteiger partial charge in [-0.1, -0.05) is 30.0 Å². The summed E-state index contributed by atoms with van der Waals surface area (Å²) in [6.07, 6.45) is -3.23. The van der Waals surface area contributed by atoms with E-state index in [0.717, 1.165) is 19.4 Å². The Morgan fingerprint density at radius 3 is 1.94 bits per heavy atom. The van der Waals surface area contributed by atoms with Crippen LogP contribution >= 0.6 is 0 Å². The molecule has 0 aliphatic heterocycles. The van der Waals surface area contributed by atoms with Gasteiger partial charge in [0.2, 0.25) is 5.91 Å². The first-order valence-corrected chi connectivity index (χ1v) is 9.66. The van der Waals surface area contributed by atoms with Gasteiger partial charge < -0.3 is 10.6 Å². The first-order chi connectivity index (χ1) is 15.7. The Labute approximate surface area is 190 Å². The Kier molecular flexibility index (Phi) is 10.4. The number of carbonyl (C=O) groups excluding carboxylic acids is 3. The SMILES string of the molecule is C=C.CC(=O)NC(C)(C(F)F)C(NC(=O)c1ccc(C#Cc2ccccc2)cc1)C(=O)NO. The van der Waals surface area contributed by atoms with Gasteiger partial charge in [0.15, 0.2) is 0 Å². The van der Waals surface area contributed by atoms with Crippen LogP contribution in [0.5, 0.6) is 0 Å². The number of rotatable bonds is 6. The first kappa shape index (κ1) is 27.0. The molecule has 2 aromatic rings. The quantitative estimate of drug-likeness (QED) is 0.232. The predicted octanol–water partition coefficient (Wildman–Crippen LogP) is 2.65. The molecule has 0 aliphatic carbocycles. The number of hydrogen-bond acceptors (Lipinski definition) is 4. The van der Waals surface area contributed by atoms with E-state index in [4.69, 9.17) is 5.21 Å². The molecule has 0 aromatic heterocycles. The lowest BCUT2D eigenvalue weighted by Gasteiger charge is -2.36. The number of hydrogen-bond donors (Lipinski definition) is 4. The first-order valence-electron chi connectivity index (χ1n) is 9.66. The Morgan fingerprint density at radius 1 is 0.970 bits per heavy atom. The molecule has 2 unspecified atom stereocenters. The fraction of sp³-hybridized carbons (Fsp3) is 0.208. The molecule has 9 heteroatoms. The van der Waals surface area contributed by atoms with E-state index in [1.807, 2.05) is 35.6 Å². The molecule has 33 heavy (non-hydrogen) atoms. The summed E-state index contributed by atoms with van der Waals surface area (Å²) in [5, 5.41) is 13.1. The fourth-order valence-corrected chi connectivity index (χ4v) is 2.77. The molecule has 174 valence electrons. The van der Waals surface area contributed by atoms with Crippen LogP contribution in [0.1, 0.15) is 35.3 Å². The van der Waals surface area contributed by atoms with Gasteiger partial charge in [0.1, 0.15) is 11.6 Å². The van der Waals surface area contributed by atoms with Crippen molar-refractivity contribution < 1.29 is 28.4 Å². The molecule has 4 N–H and O–H groups in total. The maximum Gasteiger partial charge on any atom is 0.268 e. The smallest absolute Gasteiger partial charge is 0.268 e. The Bertz CT molecular complexity index is 1020. The summed E-state index contributed by atoms with van der Waals surface area (Å²) in [4.78, 5) is 35.9. The van der Waals surface area contributed by atoms with E-state index < -0.39 is 35.7 Å². The second-order valence-corrected chi connectivity index (χ2v) is 6.84. The minimum absolute atomic E-state index is 0.0699. The van der Waals surface area contributed by atoms with Crippen LogP contribution in [-0.2, 0) is 9.59 Å². The van der Waals surface area contributed by atoms with Crippen LogP contribution in [0.15, 0.2) is 67.8 Å². The Hall–Kier alpha value is -4.03. The molecular formula is C24H25F2N3O4. The zero-order valence-corrected chi connectivity index (χ0v) is 18.2. The normalized spacial score (nSPS) is 12.5. The Balaban J connectivity index is 0.00000265. The number of amides is 3. The minimum Gasteiger partial charge on any atom is -0.343 e. The third-order valence-corrected chi connectivity index (χ3v) is 4.42. The standard InChI is InChI=1S/C22H21F2N3O4.C2H4/c1-14(28)26-22(2,21(23)24)18(20(30)27-31)25-19(29)17-12-10-16(11-13-17)9-8-15-6-4-3-5-7-15;1-2/h3-7,10-13,18,21,31H,1-2H3,(H,25,29)(H,26,28)(H,27,30);1-2H2. The van der Waals surface area contributed by atoms with Gasteiger partial charge in [0.05, 0.1) is 0 Å². The van der Waals surface area contributed by atoms with E-state index in [0.29, 0.717) is 5.56 Å². The molecule has 0 radical (unpaired) electrons. The van der Waals surface area contributed by atoms with Gasteiger partial charge in [0, 0.05) is 23.6 Å². The number of benzene rings is 2. The van der Waals surface area contributed by atoms with Crippen LogP contribution < -0.4 is 16.1 Å². The molecule has 2 aromatic carbocycles. The predicted molar refractivity (Wildman–Crippen MR) is 120 cm³/mol. The van der Waals surface area contributed by atoms with Gasteiger partial charge in [-0.05, 0) is 43.3 Å². The van der Waals surface area contributed by atoms with Gasteiger partial charge in [-0.25, -0.2) is 14.3 Å². The van der Waals surface area contributed by atoms with Gasteiger partial charge >= 0.3 is 0 Å². The summed E-state index contributed by atoms with van der Waals surface area (Å²) >= 11 is 0. The average molecular weight is 457 g/mol. The average Bonchev–Trinajstić information content (AvgIpc) is 2.82. The van der Waals surface area contributed by atoms with Crippen molar-refractivity contribution in [3.8, 4) is 11.8 Å². The van der Waals surface area contributed by atoms with Crippen molar-refractivity contribution in [1.82, 2.24) is 16.1 Å². The molecule has 0 bridgehead atoms. The second kappa shape index (κ2) is 12.7. The summed E-state index contributed by atoms with van der Waals surface area (Å²) in [6, 6.07) is 13.3. The molecule has 7 nitrogen and oxygen atoms in total. The van der Waals surface area contributed by atoms with E-state index in [1.54, 1.807) is 12.1 Å². The number of alkyl halides is 2. The van der Waals surface area contributed by atoms with Crippen LogP contribution in [0.2, 0.25) is 0 Å². The van der Waals surface area contributed by atoms with Gasteiger partial charge in [0.25, 0.3) is 18.2 Å². The fourth-order valence-electron chi connectivity index (χ4n) is 2.77. The lowest BCUT2D eigenvalue weighted by molar-refractivity contribution is -0.137. The molecular weight excluding hydrogens is 432 g/mol. The lowest BCUT2D eigenvalue weighted by atomic mass is 9.91. The highest BCUT2D eigenvalue weighted by atomic mass is 19.3. The second-order valence-electron chi connectivity index (χ2n) is 6.84. The molecule has 2 rings (SSSR count). The van der Waals surface area contributed by atoms with Crippen molar-refractivity contribution in [2.75, 3.05) is 0 Å². The van der Waals surface area contributed by atoms with Crippen LogP contribution in [0.25, 0.3) is 0 Å². The number of hydroxylamine groups is 1. The Morgan fingerprint density at radius 2 is 1.48 bits per heavy atom. The highest BCUT2D eigenvalue weighted by Gasteiger charge is 2.48. The molecule has 0 aliphatic rings. The monoisotopic (exact) mass is 457 g/mol. The highest BCUT2D eigenvalue weighted by Crippen LogP contribution is 2.21. The zero-order chi connectivity index (χ0) is 25.0. The molecule has 0 saturated carbocycles. The molecule has 3 amide bonds. The third-order valence-electron chi connectivity index (χ3n) is 4.42.